The highest BCUT2D eigenvalue weighted by atomic mass is 32.1. The van der Waals surface area contributed by atoms with E-state index in [2.05, 4.69) is 12.6 Å². The van der Waals surface area contributed by atoms with Gasteiger partial charge in [0.05, 0.1) is 6.10 Å². The Morgan fingerprint density at radius 3 is 2.33 bits per heavy atom. The largest absolute Gasteiger partial charge is 0.381 e. The van der Waals surface area contributed by atoms with Crippen LogP contribution in [0.4, 0.5) is 0 Å². The summed E-state index contributed by atoms with van der Waals surface area (Å²) in [7, 11) is 1.68. The van der Waals surface area contributed by atoms with Crippen molar-refractivity contribution in [3.8, 4) is 0 Å². The summed E-state index contributed by atoms with van der Waals surface area (Å²) >= 11 is 3.97. The molecule has 0 rings (SSSR count). The molecule has 2 heteroatoms. The van der Waals surface area contributed by atoms with Gasteiger partial charge in [-0.05, 0) is 6.92 Å². The predicted octanol–water partition coefficient (Wildman–Crippen LogP) is 0.951. The Bertz CT molecular complexity index is 26.7. The number of methoxy groups -OCH3 is 1. The molecule has 0 heterocycles. The number of thiol groups is 1. The quantitative estimate of drug-likeness (QED) is 0.516. The Morgan fingerprint density at radius 2 is 2.33 bits per heavy atom. The molecule has 0 radical (unpaired) electrons. The SMILES string of the molecule is CO[C@@H](C)CS. The number of hydrogen-bond donors (Lipinski definition) is 1. The molecule has 0 amide bonds. The van der Waals surface area contributed by atoms with E-state index in [9.17, 15) is 0 Å². The highest BCUT2D eigenvalue weighted by Gasteiger charge is 1.89. The maximum Gasteiger partial charge on any atom is 0.0631 e. The average molecular weight is 106 g/mol. The van der Waals surface area contributed by atoms with Crippen LogP contribution in [0.15, 0.2) is 0 Å². The van der Waals surface area contributed by atoms with Crippen molar-refractivity contribution in [2.45, 2.75) is 13.0 Å². The summed E-state index contributed by atoms with van der Waals surface area (Å²) in [5, 5.41) is 0. The molecule has 0 aliphatic rings. The second kappa shape index (κ2) is 3.50. The van der Waals surface area contributed by atoms with Crippen LogP contribution in [0, 0.1) is 0 Å². The van der Waals surface area contributed by atoms with Crippen LogP contribution in [0.2, 0.25) is 0 Å². The van der Waals surface area contributed by atoms with Gasteiger partial charge < -0.3 is 4.74 Å². The third-order valence-electron chi connectivity index (χ3n) is 0.659. The van der Waals surface area contributed by atoms with E-state index in [1.54, 1.807) is 7.11 Å². The van der Waals surface area contributed by atoms with Gasteiger partial charge in [0, 0.05) is 12.9 Å². The van der Waals surface area contributed by atoms with Gasteiger partial charge in [-0.15, -0.1) is 0 Å². The fraction of sp³-hybridized carbons (Fsp3) is 1.00. The van der Waals surface area contributed by atoms with Crippen molar-refractivity contribution in [2.75, 3.05) is 12.9 Å². The second-order valence-electron chi connectivity index (χ2n) is 1.23. The molecule has 0 unspecified atom stereocenters. The molecule has 0 aromatic heterocycles. The van der Waals surface area contributed by atoms with Gasteiger partial charge in [0.2, 0.25) is 0 Å². The van der Waals surface area contributed by atoms with Crippen LogP contribution in [0.5, 0.6) is 0 Å². The third-order valence-corrected chi connectivity index (χ3v) is 1.17. The van der Waals surface area contributed by atoms with E-state index >= 15 is 0 Å². The van der Waals surface area contributed by atoms with Crippen molar-refractivity contribution in [3.05, 3.63) is 0 Å². The molecule has 0 saturated heterocycles. The normalized spacial score (nSPS) is 14.5. The van der Waals surface area contributed by atoms with E-state index in [-0.39, 0.29) is 0 Å². The van der Waals surface area contributed by atoms with Gasteiger partial charge in [0.25, 0.3) is 0 Å². The summed E-state index contributed by atoms with van der Waals surface area (Å²) in [6.45, 7) is 1.98. The number of ether oxygens (including phenoxy) is 1. The first-order valence-corrected chi connectivity index (χ1v) is 2.58. The van der Waals surface area contributed by atoms with Crippen LogP contribution in [-0.2, 0) is 4.74 Å². The Kier molecular flexibility index (Phi) is 3.68. The fourth-order valence-electron chi connectivity index (χ4n) is 0.0745. The molecule has 0 aromatic rings. The molecule has 0 saturated carbocycles. The molecule has 0 spiro atoms. The van der Waals surface area contributed by atoms with Crippen LogP contribution in [0.3, 0.4) is 0 Å². The zero-order valence-electron chi connectivity index (χ0n) is 4.14. The van der Waals surface area contributed by atoms with Crippen molar-refractivity contribution in [1.82, 2.24) is 0 Å². The molecule has 1 atom stereocenters. The Labute approximate surface area is 44.1 Å². The maximum absolute atomic E-state index is 4.82. The molecule has 0 fully saturated rings. The lowest BCUT2D eigenvalue weighted by Crippen LogP contribution is -2.04. The van der Waals surface area contributed by atoms with Crippen LogP contribution < -0.4 is 0 Å². The minimum Gasteiger partial charge on any atom is -0.381 e. The van der Waals surface area contributed by atoms with Gasteiger partial charge in [0.15, 0.2) is 0 Å². The lowest BCUT2D eigenvalue weighted by atomic mass is 10.5. The highest BCUT2D eigenvalue weighted by molar-refractivity contribution is 7.80. The first-order valence-electron chi connectivity index (χ1n) is 1.95. The van der Waals surface area contributed by atoms with Crippen LogP contribution >= 0.6 is 12.6 Å². The highest BCUT2D eigenvalue weighted by Crippen LogP contribution is 1.87. The van der Waals surface area contributed by atoms with E-state index < -0.39 is 0 Å². The standard InChI is InChI=1S/C4H10OS/c1-4(3-6)5-2/h4,6H,3H2,1-2H3/t4-/m0/s1. The number of rotatable bonds is 2. The van der Waals surface area contributed by atoms with Gasteiger partial charge in [0.1, 0.15) is 0 Å². The molecule has 1 nitrogen and oxygen atoms in total. The molecule has 6 heavy (non-hydrogen) atoms. The first kappa shape index (κ1) is 6.31. The summed E-state index contributed by atoms with van der Waals surface area (Å²) < 4.78 is 4.82. The van der Waals surface area contributed by atoms with Crippen LogP contribution in [0.1, 0.15) is 6.92 Å². The Balaban J connectivity index is 2.75. The van der Waals surface area contributed by atoms with Crippen molar-refractivity contribution in [2.24, 2.45) is 0 Å². The average Bonchev–Trinajstić information content (AvgIpc) is 1.65. The smallest absolute Gasteiger partial charge is 0.0631 e. The summed E-state index contributed by atoms with van der Waals surface area (Å²) in [6, 6.07) is 0. The Hall–Kier alpha value is 0.310. The van der Waals surface area contributed by atoms with E-state index in [4.69, 9.17) is 4.74 Å². The van der Waals surface area contributed by atoms with Gasteiger partial charge in [-0.25, -0.2) is 0 Å². The van der Waals surface area contributed by atoms with Crippen molar-refractivity contribution >= 4 is 12.6 Å². The van der Waals surface area contributed by atoms with E-state index in [0.717, 1.165) is 5.75 Å². The maximum atomic E-state index is 4.82. The summed E-state index contributed by atoms with van der Waals surface area (Å²) in [4.78, 5) is 0. The van der Waals surface area contributed by atoms with Crippen LogP contribution in [0.25, 0.3) is 0 Å². The van der Waals surface area contributed by atoms with Crippen molar-refractivity contribution in [3.63, 3.8) is 0 Å². The molecular weight excluding hydrogens is 96.1 g/mol. The zero-order chi connectivity index (χ0) is 4.99. The van der Waals surface area contributed by atoms with Gasteiger partial charge in [-0.2, -0.15) is 12.6 Å². The summed E-state index contributed by atoms with van der Waals surface area (Å²) in [5.74, 6) is 0.802. The van der Waals surface area contributed by atoms with E-state index in [1.165, 1.54) is 0 Å². The molecular formula is C4H10OS. The van der Waals surface area contributed by atoms with E-state index in [0.29, 0.717) is 6.10 Å². The molecule has 0 N–H and O–H groups in total. The second-order valence-corrected chi connectivity index (χ2v) is 1.59. The summed E-state index contributed by atoms with van der Waals surface area (Å²) in [5.41, 5.74) is 0. The summed E-state index contributed by atoms with van der Waals surface area (Å²) in [6.07, 6.45) is 0.299. The predicted molar refractivity (Wildman–Crippen MR) is 30.3 cm³/mol. The van der Waals surface area contributed by atoms with E-state index in [1.807, 2.05) is 6.92 Å². The zero-order valence-corrected chi connectivity index (χ0v) is 5.03. The third kappa shape index (κ3) is 2.54. The molecule has 38 valence electrons. The van der Waals surface area contributed by atoms with Crippen molar-refractivity contribution < 1.29 is 4.74 Å². The molecule has 0 aliphatic heterocycles. The lowest BCUT2D eigenvalue weighted by Gasteiger charge is -2.00. The van der Waals surface area contributed by atoms with Gasteiger partial charge >= 0.3 is 0 Å². The molecule has 0 aromatic carbocycles. The van der Waals surface area contributed by atoms with Crippen LogP contribution in [-0.4, -0.2) is 19.0 Å². The molecule has 0 aliphatic carbocycles. The number of hydrogen-bond acceptors (Lipinski definition) is 2. The minimum atomic E-state index is 0.299. The minimum absolute atomic E-state index is 0.299. The first-order chi connectivity index (χ1) is 2.81. The fourth-order valence-corrected chi connectivity index (χ4v) is 0.224. The monoisotopic (exact) mass is 106 g/mol. The Morgan fingerprint density at radius 1 is 1.83 bits per heavy atom. The van der Waals surface area contributed by atoms with Gasteiger partial charge in [-0.1, -0.05) is 0 Å². The lowest BCUT2D eigenvalue weighted by molar-refractivity contribution is 0.138. The van der Waals surface area contributed by atoms with Crippen molar-refractivity contribution in [1.29, 1.82) is 0 Å². The van der Waals surface area contributed by atoms with Gasteiger partial charge in [-0.3, -0.25) is 0 Å². The topological polar surface area (TPSA) is 9.23 Å². The molecule has 0 bridgehead atoms.